The van der Waals surface area contributed by atoms with Crippen LogP contribution >= 0.6 is 23.8 Å². The minimum absolute atomic E-state index is 0.144. The predicted molar refractivity (Wildman–Crippen MR) is 42.6 cm³/mol. The maximum absolute atomic E-state index is 10.5. The quantitative estimate of drug-likeness (QED) is 0.592. The molecule has 0 saturated carbocycles. The van der Waals surface area contributed by atoms with E-state index in [1.54, 1.807) is 0 Å². The summed E-state index contributed by atoms with van der Waals surface area (Å²) in [4.78, 5) is 10.5. The molecule has 0 aliphatic rings. The van der Waals surface area contributed by atoms with Gasteiger partial charge >= 0.3 is 5.97 Å². The van der Waals surface area contributed by atoms with E-state index < -0.39 is 0 Å². The number of rotatable bonds is 4. The first kappa shape index (κ1) is 9.17. The van der Waals surface area contributed by atoms with Gasteiger partial charge < -0.3 is 4.18 Å². The van der Waals surface area contributed by atoms with Crippen LogP contribution in [0.15, 0.2) is 0 Å². The van der Waals surface area contributed by atoms with Crippen LogP contribution < -0.4 is 0 Å². The van der Waals surface area contributed by atoms with Crippen LogP contribution in [0.3, 0.4) is 0 Å². The third kappa shape index (κ3) is 6.05. The van der Waals surface area contributed by atoms with Crippen molar-refractivity contribution in [2.75, 3.05) is 17.8 Å². The van der Waals surface area contributed by atoms with Crippen LogP contribution in [0.1, 0.15) is 6.92 Å². The second kappa shape index (κ2) is 6.29. The number of thioether (sulfide) groups is 1. The highest BCUT2D eigenvalue weighted by molar-refractivity contribution is 7.99. The third-order valence-corrected chi connectivity index (χ3v) is 1.60. The largest absolute Gasteiger partial charge is 0.391 e. The van der Waals surface area contributed by atoms with E-state index in [0.29, 0.717) is 5.75 Å². The van der Waals surface area contributed by atoms with Crippen molar-refractivity contribution in [3.63, 3.8) is 0 Å². The second-order valence-electron chi connectivity index (χ2n) is 1.29. The summed E-state index contributed by atoms with van der Waals surface area (Å²) in [6, 6.07) is 0. The smallest absolute Gasteiger partial charge is 0.327 e. The SMILES string of the molecule is CCSOC(=O)CSC. The molecule has 0 aliphatic carbocycles. The molecule has 0 aromatic rings. The highest BCUT2D eigenvalue weighted by Crippen LogP contribution is 2.03. The topological polar surface area (TPSA) is 26.3 Å². The Labute approximate surface area is 63.9 Å². The third-order valence-electron chi connectivity index (χ3n) is 0.532. The fourth-order valence-corrected chi connectivity index (χ4v) is 0.944. The van der Waals surface area contributed by atoms with Crippen molar-refractivity contribution in [1.82, 2.24) is 0 Å². The highest BCUT2D eigenvalue weighted by atomic mass is 32.2. The van der Waals surface area contributed by atoms with Crippen LogP contribution in [0.5, 0.6) is 0 Å². The van der Waals surface area contributed by atoms with Gasteiger partial charge in [-0.05, 0) is 6.26 Å². The molecule has 0 aromatic heterocycles. The van der Waals surface area contributed by atoms with Crippen molar-refractivity contribution in [3.05, 3.63) is 0 Å². The summed E-state index contributed by atoms with van der Waals surface area (Å²) in [5.41, 5.74) is 0. The molecule has 0 spiro atoms. The van der Waals surface area contributed by atoms with Crippen LogP contribution in [0.25, 0.3) is 0 Å². The van der Waals surface area contributed by atoms with E-state index in [1.165, 1.54) is 23.8 Å². The zero-order valence-corrected chi connectivity index (χ0v) is 7.18. The Morgan fingerprint density at radius 3 is 2.78 bits per heavy atom. The minimum Gasteiger partial charge on any atom is -0.391 e. The Kier molecular flexibility index (Phi) is 6.41. The lowest BCUT2D eigenvalue weighted by atomic mass is 10.8. The molecular formula is C5H10O2S2. The van der Waals surface area contributed by atoms with Crippen LogP contribution in [-0.4, -0.2) is 23.7 Å². The molecule has 9 heavy (non-hydrogen) atoms. The van der Waals surface area contributed by atoms with Crippen LogP contribution in [0.4, 0.5) is 0 Å². The van der Waals surface area contributed by atoms with Gasteiger partial charge in [-0.1, -0.05) is 6.92 Å². The molecule has 0 radical (unpaired) electrons. The summed E-state index contributed by atoms with van der Waals surface area (Å²) < 4.78 is 4.69. The summed E-state index contributed by atoms with van der Waals surface area (Å²) in [5, 5.41) is 0. The van der Waals surface area contributed by atoms with Crippen molar-refractivity contribution in [2.45, 2.75) is 6.92 Å². The molecule has 0 heterocycles. The molecule has 0 fully saturated rings. The lowest BCUT2D eigenvalue weighted by Crippen LogP contribution is -2.01. The summed E-state index contributed by atoms with van der Waals surface area (Å²) in [5.74, 6) is 1.13. The Bertz CT molecular complexity index is 85.0. The van der Waals surface area contributed by atoms with Crippen LogP contribution in [0, 0.1) is 0 Å². The molecule has 0 saturated heterocycles. The number of carbonyl (C=O) groups is 1. The fraction of sp³-hybridized carbons (Fsp3) is 0.800. The average Bonchev–Trinajstić information content (AvgIpc) is 1.85. The monoisotopic (exact) mass is 166 g/mol. The number of hydrogen-bond donors (Lipinski definition) is 0. The average molecular weight is 166 g/mol. The van der Waals surface area contributed by atoms with Crippen molar-refractivity contribution < 1.29 is 8.98 Å². The Morgan fingerprint density at radius 2 is 2.33 bits per heavy atom. The van der Waals surface area contributed by atoms with Gasteiger partial charge in [0.1, 0.15) is 0 Å². The van der Waals surface area contributed by atoms with Gasteiger partial charge in [0.2, 0.25) is 0 Å². The Morgan fingerprint density at radius 1 is 1.67 bits per heavy atom. The molecule has 0 atom stereocenters. The van der Waals surface area contributed by atoms with Gasteiger partial charge in [-0.25, -0.2) is 0 Å². The zero-order chi connectivity index (χ0) is 7.11. The van der Waals surface area contributed by atoms with Gasteiger partial charge in [-0.15, -0.1) is 0 Å². The Hall–Kier alpha value is 0.170. The zero-order valence-electron chi connectivity index (χ0n) is 5.55. The second-order valence-corrected chi connectivity index (χ2v) is 3.14. The van der Waals surface area contributed by atoms with E-state index in [0.717, 1.165) is 5.75 Å². The molecule has 4 heteroatoms. The molecule has 0 bridgehead atoms. The predicted octanol–water partition coefficient (Wildman–Crippen LogP) is 1.56. The lowest BCUT2D eigenvalue weighted by molar-refractivity contribution is -0.130. The molecule has 0 N–H and O–H groups in total. The molecular weight excluding hydrogens is 156 g/mol. The van der Waals surface area contributed by atoms with E-state index in [1.807, 2.05) is 13.2 Å². The first-order valence-electron chi connectivity index (χ1n) is 2.62. The summed E-state index contributed by atoms with van der Waals surface area (Å²) in [7, 11) is 0. The summed E-state index contributed by atoms with van der Waals surface area (Å²) in [6.07, 6.45) is 1.87. The summed E-state index contributed by atoms with van der Waals surface area (Å²) in [6.45, 7) is 1.94. The molecule has 0 amide bonds. The van der Waals surface area contributed by atoms with E-state index >= 15 is 0 Å². The van der Waals surface area contributed by atoms with Crippen molar-refractivity contribution >= 4 is 29.8 Å². The first-order valence-corrected chi connectivity index (χ1v) is 4.93. The summed E-state index contributed by atoms with van der Waals surface area (Å²) >= 11 is 2.67. The minimum atomic E-state index is -0.144. The first-order chi connectivity index (χ1) is 4.31. The fourth-order valence-electron chi connectivity index (χ4n) is 0.267. The Balaban J connectivity index is 3.06. The molecule has 0 aliphatic heterocycles. The van der Waals surface area contributed by atoms with E-state index in [2.05, 4.69) is 4.18 Å². The maximum atomic E-state index is 10.5. The highest BCUT2D eigenvalue weighted by Gasteiger charge is 1.98. The van der Waals surface area contributed by atoms with Crippen molar-refractivity contribution in [2.24, 2.45) is 0 Å². The standard InChI is InChI=1S/C5H10O2S2/c1-3-9-7-5(6)4-8-2/h3-4H2,1-2H3. The van der Waals surface area contributed by atoms with E-state index in [-0.39, 0.29) is 5.97 Å². The molecule has 54 valence electrons. The van der Waals surface area contributed by atoms with Crippen molar-refractivity contribution in [3.8, 4) is 0 Å². The molecule has 2 nitrogen and oxygen atoms in total. The molecule has 0 aromatic carbocycles. The van der Waals surface area contributed by atoms with Crippen LogP contribution in [-0.2, 0) is 8.98 Å². The van der Waals surface area contributed by atoms with Gasteiger partial charge in [0.15, 0.2) is 0 Å². The lowest BCUT2D eigenvalue weighted by Gasteiger charge is -1.96. The van der Waals surface area contributed by atoms with Gasteiger partial charge in [-0.3, -0.25) is 4.79 Å². The van der Waals surface area contributed by atoms with Gasteiger partial charge in [0.25, 0.3) is 0 Å². The molecule has 0 unspecified atom stereocenters. The number of carbonyl (C=O) groups excluding carboxylic acids is 1. The number of hydrogen-bond acceptors (Lipinski definition) is 4. The molecule has 0 rings (SSSR count). The van der Waals surface area contributed by atoms with E-state index in [9.17, 15) is 4.79 Å². The van der Waals surface area contributed by atoms with Gasteiger partial charge in [-0.2, -0.15) is 11.8 Å². The van der Waals surface area contributed by atoms with Gasteiger partial charge in [0, 0.05) is 5.75 Å². The van der Waals surface area contributed by atoms with Crippen molar-refractivity contribution in [1.29, 1.82) is 0 Å². The normalized spacial score (nSPS) is 9.11. The van der Waals surface area contributed by atoms with E-state index in [4.69, 9.17) is 0 Å². The van der Waals surface area contributed by atoms with Gasteiger partial charge in [0.05, 0.1) is 17.8 Å². The van der Waals surface area contributed by atoms with Crippen LogP contribution in [0.2, 0.25) is 0 Å². The maximum Gasteiger partial charge on any atom is 0.327 e.